The SMILES string of the molecule is COc1ccc(C2C(C(=O)N3CCC(C(N)=O)CC3)c3ccccc3C(=O)N2Cc2ccc(F)cc2)cc1. The normalized spacial score (nSPS) is 19.7. The number of benzene rings is 3. The van der Waals surface area contributed by atoms with Crippen LogP contribution >= 0.6 is 0 Å². The number of carbonyl (C=O) groups is 3. The lowest BCUT2D eigenvalue weighted by atomic mass is 9.78. The highest BCUT2D eigenvalue weighted by atomic mass is 19.1. The number of likely N-dealkylation sites (tertiary alicyclic amines) is 1. The van der Waals surface area contributed by atoms with E-state index in [-0.39, 0.29) is 36.0 Å². The first-order chi connectivity index (χ1) is 18.4. The molecule has 0 aliphatic carbocycles. The predicted octanol–water partition coefficient (Wildman–Crippen LogP) is 4.04. The van der Waals surface area contributed by atoms with Crippen LogP contribution in [0.4, 0.5) is 4.39 Å². The van der Waals surface area contributed by atoms with Gasteiger partial charge in [-0.15, -0.1) is 0 Å². The van der Waals surface area contributed by atoms with E-state index < -0.39 is 12.0 Å². The van der Waals surface area contributed by atoms with Gasteiger partial charge in [-0.05, 0) is 59.9 Å². The van der Waals surface area contributed by atoms with Gasteiger partial charge < -0.3 is 20.3 Å². The second-order valence-electron chi connectivity index (χ2n) is 9.84. The van der Waals surface area contributed by atoms with E-state index in [4.69, 9.17) is 10.5 Å². The molecule has 3 aromatic carbocycles. The summed E-state index contributed by atoms with van der Waals surface area (Å²) in [5.41, 5.74) is 8.21. The minimum absolute atomic E-state index is 0.0993. The Hall–Kier alpha value is -4.20. The molecule has 0 aromatic heterocycles. The lowest BCUT2D eigenvalue weighted by Gasteiger charge is -2.44. The molecular weight excluding hydrogens is 485 g/mol. The number of primary amides is 1. The van der Waals surface area contributed by atoms with Crippen LogP contribution in [0, 0.1) is 11.7 Å². The molecule has 2 aliphatic heterocycles. The summed E-state index contributed by atoms with van der Waals surface area (Å²) in [6.07, 6.45) is 1.03. The Morgan fingerprint density at radius 1 is 0.974 bits per heavy atom. The summed E-state index contributed by atoms with van der Waals surface area (Å²) < 4.78 is 19.0. The van der Waals surface area contributed by atoms with Crippen LogP contribution in [0.1, 0.15) is 51.8 Å². The van der Waals surface area contributed by atoms with Gasteiger partial charge in [-0.2, -0.15) is 0 Å². The second-order valence-corrected chi connectivity index (χ2v) is 9.84. The first kappa shape index (κ1) is 25.4. The number of fused-ring (bicyclic) bond motifs is 1. The molecule has 1 saturated heterocycles. The molecule has 2 unspecified atom stereocenters. The molecule has 196 valence electrons. The molecule has 2 heterocycles. The maximum Gasteiger partial charge on any atom is 0.255 e. The smallest absolute Gasteiger partial charge is 0.255 e. The number of carbonyl (C=O) groups excluding carboxylic acids is 3. The van der Waals surface area contributed by atoms with Gasteiger partial charge in [0.25, 0.3) is 5.91 Å². The maximum absolute atomic E-state index is 14.2. The van der Waals surface area contributed by atoms with Crippen molar-refractivity contribution in [1.82, 2.24) is 9.80 Å². The fraction of sp³-hybridized carbons (Fsp3) is 0.300. The summed E-state index contributed by atoms with van der Waals surface area (Å²) in [7, 11) is 1.58. The largest absolute Gasteiger partial charge is 0.497 e. The van der Waals surface area contributed by atoms with Gasteiger partial charge in [-0.1, -0.05) is 42.5 Å². The van der Waals surface area contributed by atoms with Gasteiger partial charge in [0.15, 0.2) is 0 Å². The highest BCUT2D eigenvalue weighted by Gasteiger charge is 2.46. The summed E-state index contributed by atoms with van der Waals surface area (Å²) in [5, 5.41) is 0. The molecule has 2 N–H and O–H groups in total. The zero-order valence-corrected chi connectivity index (χ0v) is 21.2. The summed E-state index contributed by atoms with van der Waals surface area (Å²) in [6, 6.07) is 20.0. The quantitative estimate of drug-likeness (QED) is 0.536. The molecule has 0 spiro atoms. The van der Waals surface area contributed by atoms with Crippen molar-refractivity contribution in [1.29, 1.82) is 0 Å². The molecular formula is C30H30FN3O4. The Kier molecular flexibility index (Phi) is 7.13. The number of hydrogen-bond donors (Lipinski definition) is 1. The molecule has 5 rings (SSSR count). The van der Waals surface area contributed by atoms with E-state index in [9.17, 15) is 18.8 Å². The monoisotopic (exact) mass is 515 g/mol. The molecule has 3 aromatic rings. The fourth-order valence-electron chi connectivity index (χ4n) is 5.57. The number of ether oxygens (including phenoxy) is 1. The number of methoxy groups -OCH3 is 1. The highest BCUT2D eigenvalue weighted by Crippen LogP contribution is 2.45. The first-order valence-corrected chi connectivity index (χ1v) is 12.7. The van der Waals surface area contributed by atoms with Crippen molar-refractivity contribution in [2.24, 2.45) is 11.7 Å². The van der Waals surface area contributed by atoms with Crippen molar-refractivity contribution in [3.05, 3.63) is 101 Å². The number of amides is 3. The van der Waals surface area contributed by atoms with Gasteiger partial charge in [0.1, 0.15) is 11.6 Å². The third kappa shape index (κ3) is 4.86. The van der Waals surface area contributed by atoms with Crippen LogP contribution in [-0.4, -0.2) is 47.7 Å². The van der Waals surface area contributed by atoms with Gasteiger partial charge in [-0.3, -0.25) is 14.4 Å². The van der Waals surface area contributed by atoms with Crippen LogP contribution in [0.15, 0.2) is 72.8 Å². The zero-order chi connectivity index (χ0) is 26.8. The molecule has 38 heavy (non-hydrogen) atoms. The molecule has 2 aliphatic rings. The van der Waals surface area contributed by atoms with Crippen LogP contribution in [0.5, 0.6) is 5.75 Å². The summed E-state index contributed by atoms with van der Waals surface area (Å²) in [4.78, 5) is 43.3. The molecule has 0 radical (unpaired) electrons. The first-order valence-electron chi connectivity index (χ1n) is 12.7. The van der Waals surface area contributed by atoms with Crippen LogP contribution in [0.2, 0.25) is 0 Å². The number of nitrogens with two attached hydrogens (primary N) is 1. The Labute approximate surface area is 221 Å². The number of piperidine rings is 1. The molecule has 2 atom stereocenters. The molecule has 0 saturated carbocycles. The second kappa shape index (κ2) is 10.7. The third-order valence-corrected chi connectivity index (χ3v) is 7.64. The number of halogens is 1. The number of rotatable bonds is 6. The Balaban J connectivity index is 1.59. The Morgan fingerprint density at radius 3 is 2.26 bits per heavy atom. The lowest BCUT2D eigenvalue weighted by molar-refractivity contribution is -0.138. The lowest BCUT2D eigenvalue weighted by Crippen LogP contribution is -2.50. The molecule has 7 nitrogen and oxygen atoms in total. The van der Waals surface area contributed by atoms with Crippen LogP contribution in [0.3, 0.4) is 0 Å². The predicted molar refractivity (Wildman–Crippen MR) is 140 cm³/mol. The van der Waals surface area contributed by atoms with Gasteiger partial charge in [0.05, 0.1) is 19.1 Å². The van der Waals surface area contributed by atoms with Crippen molar-refractivity contribution in [3.8, 4) is 5.75 Å². The van der Waals surface area contributed by atoms with E-state index in [1.54, 1.807) is 41.2 Å². The molecule has 8 heteroatoms. The fourth-order valence-corrected chi connectivity index (χ4v) is 5.57. The third-order valence-electron chi connectivity index (χ3n) is 7.64. The summed E-state index contributed by atoms with van der Waals surface area (Å²) in [6.45, 7) is 1.05. The van der Waals surface area contributed by atoms with E-state index in [0.717, 1.165) is 11.1 Å². The van der Waals surface area contributed by atoms with Crippen molar-refractivity contribution >= 4 is 17.7 Å². The summed E-state index contributed by atoms with van der Waals surface area (Å²) >= 11 is 0. The van der Waals surface area contributed by atoms with Crippen LogP contribution in [-0.2, 0) is 16.1 Å². The zero-order valence-electron chi connectivity index (χ0n) is 21.2. The minimum atomic E-state index is -0.664. The van der Waals surface area contributed by atoms with Gasteiger partial charge >= 0.3 is 0 Å². The van der Waals surface area contributed by atoms with Crippen molar-refractivity contribution in [2.75, 3.05) is 20.2 Å². The van der Waals surface area contributed by atoms with Gasteiger partial charge in [0.2, 0.25) is 11.8 Å². The molecule has 3 amide bonds. The van der Waals surface area contributed by atoms with E-state index in [2.05, 4.69) is 0 Å². The van der Waals surface area contributed by atoms with E-state index in [0.29, 0.717) is 42.8 Å². The van der Waals surface area contributed by atoms with Crippen LogP contribution in [0.25, 0.3) is 0 Å². The topological polar surface area (TPSA) is 92.9 Å². The van der Waals surface area contributed by atoms with Crippen LogP contribution < -0.4 is 10.5 Å². The molecule has 0 bridgehead atoms. The Morgan fingerprint density at radius 2 is 1.63 bits per heavy atom. The summed E-state index contributed by atoms with van der Waals surface area (Å²) in [5.74, 6) is -1.23. The average Bonchev–Trinajstić information content (AvgIpc) is 2.95. The number of hydrogen-bond acceptors (Lipinski definition) is 4. The standard InChI is InChI=1S/C30H30FN3O4/c1-38-23-12-8-20(9-13-23)27-26(30(37)33-16-14-21(15-17-33)28(32)35)24-4-2-3-5-25(24)29(36)34(27)18-19-6-10-22(31)11-7-19/h2-13,21,26-27H,14-18H2,1H3,(H2,32,35). The van der Waals surface area contributed by atoms with Crippen molar-refractivity contribution in [2.45, 2.75) is 31.3 Å². The molecule has 1 fully saturated rings. The van der Waals surface area contributed by atoms with Gasteiger partial charge in [-0.25, -0.2) is 4.39 Å². The maximum atomic E-state index is 14.2. The van der Waals surface area contributed by atoms with E-state index in [1.807, 2.05) is 36.4 Å². The Bertz CT molecular complexity index is 1330. The number of nitrogens with zero attached hydrogens (tertiary/aromatic N) is 2. The highest BCUT2D eigenvalue weighted by molar-refractivity contribution is 6.01. The van der Waals surface area contributed by atoms with Crippen molar-refractivity contribution < 1.29 is 23.5 Å². The van der Waals surface area contributed by atoms with E-state index >= 15 is 0 Å². The van der Waals surface area contributed by atoms with Gasteiger partial charge in [0, 0.05) is 31.1 Å². The minimum Gasteiger partial charge on any atom is -0.497 e. The van der Waals surface area contributed by atoms with Crippen molar-refractivity contribution in [3.63, 3.8) is 0 Å². The van der Waals surface area contributed by atoms with E-state index in [1.165, 1.54) is 12.1 Å². The average molecular weight is 516 g/mol.